The molecule has 0 bridgehead atoms. The number of aromatic nitrogens is 2. The molecule has 12 heavy (non-hydrogen) atoms. The highest BCUT2D eigenvalue weighted by Crippen LogP contribution is 1.99. The quantitative estimate of drug-likeness (QED) is 0.425. The van der Waals surface area contributed by atoms with Crippen LogP contribution in [-0.2, 0) is 6.54 Å². The highest BCUT2D eigenvalue weighted by atomic mass is 35.5. The first-order valence-corrected chi connectivity index (χ1v) is 3.83. The van der Waals surface area contributed by atoms with Crippen LogP contribution >= 0.6 is 0 Å². The van der Waals surface area contributed by atoms with E-state index in [9.17, 15) is 0 Å². The van der Waals surface area contributed by atoms with Crippen molar-refractivity contribution < 1.29 is 17.0 Å². The number of nitrogens with one attached hydrogen (secondary N) is 1. The highest BCUT2D eigenvalue weighted by Gasteiger charge is 2.12. The molecule has 0 aliphatic carbocycles. The summed E-state index contributed by atoms with van der Waals surface area (Å²) in [7, 11) is 0. The second kappa shape index (κ2) is 4.31. The van der Waals surface area contributed by atoms with Gasteiger partial charge in [0.2, 0.25) is 0 Å². The maximum atomic E-state index is 3.71. The number of imidazole rings is 1. The Labute approximate surface area is 79.7 Å². The monoisotopic (exact) mass is 186 g/mol. The molecule has 0 fully saturated rings. The number of aryl methyl sites for hydroxylation is 2. The molecule has 2 nitrogen and oxygen atoms in total. The maximum Gasteiger partial charge on any atom is 0.251 e. The zero-order chi connectivity index (χ0) is 8.43. The molecule has 0 saturated carbocycles. The number of aromatic amines is 1. The Morgan fingerprint density at radius 3 is 2.33 bits per heavy atom. The van der Waals surface area contributed by atoms with Crippen LogP contribution in [0.5, 0.6) is 0 Å². The van der Waals surface area contributed by atoms with E-state index in [-0.39, 0.29) is 12.4 Å². The summed E-state index contributed by atoms with van der Waals surface area (Å²) >= 11 is 0. The third kappa shape index (κ3) is 1.89. The van der Waals surface area contributed by atoms with Crippen molar-refractivity contribution in [1.82, 2.24) is 4.98 Å². The number of rotatable bonds is 2. The van der Waals surface area contributed by atoms with Gasteiger partial charge in [-0.05, 0) is 0 Å². The fourth-order valence-electron chi connectivity index (χ4n) is 1.29. The van der Waals surface area contributed by atoms with E-state index in [4.69, 9.17) is 0 Å². The average molecular weight is 187 g/mol. The van der Waals surface area contributed by atoms with Gasteiger partial charge in [-0.15, -0.1) is 0 Å². The fraction of sp³-hybridized carbons (Fsp3) is 0.444. The predicted octanol–water partition coefficient (Wildman–Crippen LogP) is -1.58. The van der Waals surface area contributed by atoms with Crippen LogP contribution < -0.4 is 17.0 Å². The Morgan fingerprint density at radius 1 is 1.42 bits per heavy atom. The lowest BCUT2D eigenvalue weighted by molar-refractivity contribution is -0.697. The van der Waals surface area contributed by atoms with Gasteiger partial charge in [0.15, 0.2) is 0 Å². The first-order valence-electron chi connectivity index (χ1n) is 3.83. The molecular formula is C9H15ClN2. The molecule has 0 spiro atoms. The van der Waals surface area contributed by atoms with E-state index in [1.54, 1.807) is 0 Å². The van der Waals surface area contributed by atoms with Gasteiger partial charge in [0.1, 0.15) is 17.9 Å². The summed E-state index contributed by atoms with van der Waals surface area (Å²) in [5.74, 6) is 1.19. The molecule has 1 aromatic rings. The Morgan fingerprint density at radius 2 is 2.00 bits per heavy atom. The lowest BCUT2D eigenvalue weighted by atomic mass is 10.4. The largest absolute Gasteiger partial charge is 1.00 e. The average Bonchev–Trinajstić information content (AvgIpc) is 2.17. The van der Waals surface area contributed by atoms with E-state index in [1.807, 2.05) is 6.08 Å². The molecule has 68 valence electrons. The van der Waals surface area contributed by atoms with E-state index in [0.717, 1.165) is 6.54 Å². The predicted molar refractivity (Wildman–Crippen MR) is 45.4 cm³/mol. The number of hydrogen-bond donors (Lipinski definition) is 1. The van der Waals surface area contributed by atoms with Gasteiger partial charge in [0, 0.05) is 20.8 Å². The lowest BCUT2D eigenvalue weighted by Crippen LogP contribution is -3.00. The third-order valence-corrected chi connectivity index (χ3v) is 2.03. The van der Waals surface area contributed by atoms with E-state index in [2.05, 4.69) is 36.9 Å². The maximum absolute atomic E-state index is 3.71. The summed E-state index contributed by atoms with van der Waals surface area (Å²) < 4.78 is 2.21. The van der Waals surface area contributed by atoms with Gasteiger partial charge in [-0.25, -0.2) is 9.55 Å². The van der Waals surface area contributed by atoms with Crippen LogP contribution in [0.1, 0.15) is 17.2 Å². The van der Waals surface area contributed by atoms with Crippen molar-refractivity contribution in [2.45, 2.75) is 27.3 Å². The first kappa shape index (κ1) is 11.2. The summed E-state index contributed by atoms with van der Waals surface area (Å²) in [6, 6.07) is 0. The van der Waals surface area contributed by atoms with Gasteiger partial charge in [-0.2, -0.15) is 0 Å². The minimum absolute atomic E-state index is 0. The molecule has 0 unspecified atom stereocenters. The third-order valence-electron chi connectivity index (χ3n) is 2.03. The summed E-state index contributed by atoms with van der Waals surface area (Å²) in [6.07, 6.45) is 1.91. The lowest BCUT2D eigenvalue weighted by Gasteiger charge is -1.93. The van der Waals surface area contributed by atoms with Gasteiger partial charge in [0.05, 0.1) is 0 Å². The van der Waals surface area contributed by atoms with Crippen LogP contribution in [0.25, 0.3) is 0 Å². The number of nitrogens with zero attached hydrogens (tertiary/aromatic N) is 1. The van der Waals surface area contributed by atoms with Crippen LogP contribution in [0.3, 0.4) is 0 Å². The molecule has 0 aromatic carbocycles. The SMILES string of the molecule is C=CC[n+]1c(C)[nH]c(C)c1C.[Cl-]. The van der Waals surface area contributed by atoms with Crippen LogP contribution in [0.2, 0.25) is 0 Å². The summed E-state index contributed by atoms with van der Waals surface area (Å²) in [4.78, 5) is 3.28. The standard InChI is InChI=1S/C9H14N2.ClH/c1-5-6-11-8(3)7(2)10-9(11)4;/h5H,1,6H2,2-4H3;1H. The van der Waals surface area contributed by atoms with Gasteiger partial charge >= 0.3 is 0 Å². The molecule has 0 aliphatic rings. The molecule has 0 atom stereocenters. The van der Waals surface area contributed by atoms with Crippen molar-refractivity contribution in [3.05, 3.63) is 29.9 Å². The molecule has 0 aliphatic heterocycles. The van der Waals surface area contributed by atoms with Crippen molar-refractivity contribution in [3.8, 4) is 0 Å². The van der Waals surface area contributed by atoms with Gasteiger partial charge < -0.3 is 12.4 Å². The minimum atomic E-state index is 0. The van der Waals surface area contributed by atoms with Crippen molar-refractivity contribution >= 4 is 0 Å². The molecule has 1 N–H and O–H groups in total. The van der Waals surface area contributed by atoms with Crippen LogP contribution in [0, 0.1) is 20.8 Å². The van der Waals surface area contributed by atoms with E-state index < -0.39 is 0 Å². The molecule has 0 saturated heterocycles. The summed E-state index contributed by atoms with van der Waals surface area (Å²) in [5, 5.41) is 0. The zero-order valence-corrected chi connectivity index (χ0v) is 8.57. The second-order valence-electron chi connectivity index (χ2n) is 2.82. The fourth-order valence-corrected chi connectivity index (χ4v) is 1.29. The van der Waals surface area contributed by atoms with E-state index in [0.29, 0.717) is 0 Å². The van der Waals surface area contributed by atoms with Crippen molar-refractivity contribution in [2.75, 3.05) is 0 Å². The topological polar surface area (TPSA) is 19.7 Å². The molecule has 1 rings (SSSR count). The van der Waals surface area contributed by atoms with Gasteiger partial charge in [-0.3, -0.25) is 0 Å². The molecule has 1 heterocycles. The Balaban J connectivity index is 0.00000121. The molecule has 0 radical (unpaired) electrons. The number of H-pyrrole nitrogens is 1. The van der Waals surface area contributed by atoms with Gasteiger partial charge in [-0.1, -0.05) is 12.7 Å². The van der Waals surface area contributed by atoms with E-state index >= 15 is 0 Å². The summed E-state index contributed by atoms with van der Waals surface area (Å²) in [6.45, 7) is 10.9. The molecular weight excluding hydrogens is 172 g/mol. The molecule has 1 aromatic heterocycles. The van der Waals surface area contributed by atoms with Crippen LogP contribution in [0.4, 0.5) is 0 Å². The normalized spacial score (nSPS) is 9.25. The number of halogens is 1. The first-order chi connectivity index (χ1) is 5.16. The Kier molecular flexibility index (Phi) is 4.04. The Hall–Kier alpha value is -0.760. The van der Waals surface area contributed by atoms with Crippen molar-refractivity contribution in [1.29, 1.82) is 0 Å². The zero-order valence-electron chi connectivity index (χ0n) is 7.82. The van der Waals surface area contributed by atoms with Crippen molar-refractivity contribution in [3.63, 3.8) is 0 Å². The number of allylic oxidation sites excluding steroid dienone is 1. The molecule has 3 heteroatoms. The minimum Gasteiger partial charge on any atom is -1.00 e. The second-order valence-corrected chi connectivity index (χ2v) is 2.82. The molecule has 0 amide bonds. The highest BCUT2D eigenvalue weighted by molar-refractivity contribution is 5.02. The smallest absolute Gasteiger partial charge is 0.251 e. The van der Waals surface area contributed by atoms with E-state index in [1.165, 1.54) is 17.2 Å². The van der Waals surface area contributed by atoms with Crippen molar-refractivity contribution in [2.24, 2.45) is 0 Å². The number of hydrogen-bond acceptors (Lipinski definition) is 0. The van der Waals surface area contributed by atoms with Crippen LogP contribution in [0.15, 0.2) is 12.7 Å². The van der Waals surface area contributed by atoms with Gasteiger partial charge in [0.25, 0.3) is 5.82 Å². The van der Waals surface area contributed by atoms with Crippen LogP contribution in [-0.4, -0.2) is 4.98 Å². The Bertz CT molecular complexity index is 276. The summed E-state index contributed by atoms with van der Waals surface area (Å²) in [5.41, 5.74) is 2.53.